The van der Waals surface area contributed by atoms with E-state index in [9.17, 15) is 9.59 Å². The van der Waals surface area contributed by atoms with Gasteiger partial charge in [-0.25, -0.2) is 0 Å². The number of nitrogens with zero attached hydrogens (tertiary/aromatic N) is 1. The van der Waals surface area contributed by atoms with E-state index in [2.05, 4.69) is 43.4 Å². The lowest BCUT2D eigenvalue weighted by molar-refractivity contribution is -0.127. The molecule has 5 nitrogen and oxygen atoms in total. The maximum atomic E-state index is 12.8. The van der Waals surface area contributed by atoms with Crippen LogP contribution in [0.1, 0.15) is 61.1 Å². The molecule has 2 aromatic rings. The molecular formula is C23H30N2O3. The summed E-state index contributed by atoms with van der Waals surface area (Å²) < 4.78 is 5.01. The van der Waals surface area contributed by atoms with Crippen LogP contribution >= 0.6 is 0 Å². The van der Waals surface area contributed by atoms with Gasteiger partial charge in [0.1, 0.15) is 6.26 Å². The summed E-state index contributed by atoms with van der Waals surface area (Å²) in [7, 11) is 0. The Morgan fingerprint density at radius 3 is 2.57 bits per heavy atom. The van der Waals surface area contributed by atoms with Crippen molar-refractivity contribution in [2.24, 2.45) is 11.8 Å². The molecule has 0 bridgehead atoms. The fraction of sp³-hybridized carbons (Fsp3) is 0.478. The van der Waals surface area contributed by atoms with Crippen LogP contribution in [0.15, 0.2) is 47.3 Å². The van der Waals surface area contributed by atoms with Gasteiger partial charge in [0.25, 0.3) is 5.91 Å². The van der Waals surface area contributed by atoms with E-state index >= 15 is 0 Å². The third-order valence-electron chi connectivity index (χ3n) is 5.33. The number of amides is 2. The molecule has 1 aromatic carbocycles. The van der Waals surface area contributed by atoms with Crippen molar-refractivity contribution in [3.05, 3.63) is 59.5 Å². The number of carbonyl (C=O) groups excluding carboxylic acids is 2. The molecule has 0 aliphatic carbocycles. The van der Waals surface area contributed by atoms with Gasteiger partial charge in [-0.2, -0.15) is 0 Å². The number of furan rings is 1. The molecule has 0 saturated carbocycles. The average molecular weight is 383 g/mol. The lowest BCUT2D eigenvalue weighted by Crippen LogP contribution is -2.45. The molecule has 1 aromatic heterocycles. The predicted molar refractivity (Wildman–Crippen MR) is 109 cm³/mol. The summed E-state index contributed by atoms with van der Waals surface area (Å²) in [6.07, 6.45) is 5.65. The summed E-state index contributed by atoms with van der Waals surface area (Å²) in [6, 6.07) is 10.1. The van der Waals surface area contributed by atoms with Crippen molar-refractivity contribution in [1.29, 1.82) is 0 Å². The third-order valence-corrected chi connectivity index (χ3v) is 5.33. The van der Waals surface area contributed by atoms with Gasteiger partial charge in [-0.15, -0.1) is 0 Å². The smallest absolute Gasteiger partial charge is 0.257 e. The Hall–Kier alpha value is -2.56. The lowest BCUT2D eigenvalue weighted by atomic mass is 9.95. The van der Waals surface area contributed by atoms with E-state index in [1.54, 1.807) is 11.0 Å². The number of hydrogen-bond donors (Lipinski definition) is 1. The molecule has 2 atom stereocenters. The second kappa shape index (κ2) is 9.09. The van der Waals surface area contributed by atoms with Gasteiger partial charge < -0.3 is 14.6 Å². The molecule has 2 amide bonds. The summed E-state index contributed by atoms with van der Waals surface area (Å²) in [6.45, 7) is 7.56. The van der Waals surface area contributed by atoms with Crippen molar-refractivity contribution in [3.8, 4) is 0 Å². The molecule has 5 heteroatoms. The molecule has 0 spiro atoms. The molecule has 1 aliphatic rings. The molecule has 3 rings (SSSR count). The van der Waals surface area contributed by atoms with Crippen LogP contribution in [0, 0.1) is 11.8 Å². The zero-order chi connectivity index (χ0) is 20.1. The number of hydrogen-bond acceptors (Lipinski definition) is 3. The van der Waals surface area contributed by atoms with Crippen LogP contribution in [0.5, 0.6) is 0 Å². The monoisotopic (exact) mass is 382 g/mol. The van der Waals surface area contributed by atoms with E-state index in [-0.39, 0.29) is 23.8 Å². The Kier molecular flexibility index (Phi) is 6.55. The number of piperidine rings is 1. The number of benzene rings is 1. The molecule has 2 heterocycles. The average Bonchev–Trinajstić information content (AvgIpc) is 3.22. The number of likely N-dealkylation sites (tertiary alicyclic amines) is 1. The maximum Gasteiger partial charge on any atom is 0.257 e. The summed E-state index contributed by atoms with van der Waals surface area (Å²) in [5, 5.41) is 3.12. The van der Waals surface area contributed by atoms with E-state index in [0.29, 0.717) is 24.6 Å². The molecule has 1 saturated heterocycles. The lowest BCUT2D eigenvalue weighted by Gasteiger charge is -2.32. The highest BCUT2D eigenvalue weighted by molar-refractivity contribution is 5.94. The van der Waals surface area contributed by atoms with Crippen molar-refractivity contribution in [2.45, 2.75) is 46.1 Å². The highest BCUT2D eigenvalue weighted by Crippen LogP contribution is 2.21. The highest BCUT2D eigenvalue weighted by Gasteiger charge is 2.29. The fourth-order valence-corrected chi connectivity index (χ4v) is 3.77. The van der Waals surface area contributed by atoms with Gasteiger partial charge in [-0.05, 0) is 49.3 Å². The molecule has 1 aliphatic heterocycles. The number of nitrogens with one attached hydrogen (secondary N) is 1. The van der Waals surface area contributed by atoms with E-state index in [4.69, 9.17) is 4.42 Å². The highest BCUT2D eigenvalue weighted by atomic mass is 16.3. The maximum absolute atomic E-state index is 12.8. The summed E-state index contributed by atoms with van der Waals surface area (Å²) in [5.74, 6) is 0.401. The molecule has 28 heavy (non-hydrogen) atoms. The first-order valence-electron chi connectivity index (χ1n) is 10.1. The van der Waals surface area contributed by atoms with E-state index in [1.807, 2.05) is 6.92 Å². The minimum Gasteiger partial charge on any atom is -0.472 e. The zero-order valence-electron chi connectivity index (χ0n) is 17.0. The van der Waals surface area contributed by atoms with Crippen molar-refractivity contribution >= 4 is 11.8 Å². The first kappa shape index (κ1) is 20.2. The van der Waals surface area contributed by atoms with Gasteiger partial charge in [0.15, 0.2) is 0 Å². The van der Waals surface area contributed by atoms with E-state index in [0.717, 1.165) is 24.8 Å². The number of rotatable bonds is 6. The molecular weight excluding hydrogens is 352 g/mol. The zero-order valence-corrected chi connectivity index (χ0v) is 17.0. The largest absolute Gasteiger partial charge is 0.472 e. The predicted octanol–water partition coefficient (Wildman–Crippen LogP) is 4.21. The first-order chi connectivity index (χ1) is 13.4. The van der Waals surface area contributed by atoms with Crippen LogP contribution in [0.2, 0.25) is 0 Å². The van der Waals surface area contributed by atoms with Gasteiger partial charge in [-0.3, -0.25) is 9.59 Å². The van der Waals surface area contributed by atoms with Crippen LogP contribution in [0.25, 0.3) is 0 Å². The van der Waals surface area contributed by atoms with Crippen LogP contribution in [-0.4, -0.2) is 29.8 Å². The first-order valence-corrected chi connectivity index (χ1v) is 10.1. The second-order valence-corrected chi connectivity index (χ2v) is 8.17. The summed E-state index contributed by atoms with van der Waals surface area (Å²) in [5.41, 5.74) is 2.96. The van der Waals surface area contributed by atoms with Crippen LogP contribution in [0.4, 0.5) is 0 Å². The normalized spacial score (nSPS) is 18.1. The Bertz CT molecular complexity index is 781. The SMILES string of the molecule is CC(C)Cc1ccc(C(C)NC(=O)C2CCCN(C(=O)c3ccoc3)C2)cc1. The van der Waals surface area contributed by atoms with Crippen molar-refractivity contribution in [2.75, 3.05) is 13.1 Å². The molecule has 0 radical (unpaired) electrons. The molecule has 1 N–H and O–H groups in total. The van der Waals surface area contributed by atoms with Crippen LogP contribution < -0.4 is 5.32 Å². The van der Waals surface area contributed by atoms with Crippen LogP contribution in [0.3, 0.4) is 0 Å². The van der Waals surface area contributed by atoms with Crippen LogP contribution in [-0.2, 0) is 11.2 Å². The molecule has 1 fully saturated rings. The van der Waals surface area contributed by atoms with Gasteiger partial charge >= 0.3 is 0 Å². The summed E-state index contributed by atoms with van der Waals surface area (Å²) in [4.78, 5) is 27.1. The molecule has 150 valence electrons. The van der Waals surface area contributed by atoms with Gasteiger partial charge in [-0.1, -0.05) is 38.1 Å². The Morgan fingerprint density at radius 1 is 1.18 bits per heavy atom. The van der Waals surface area contributed by atoms with Crippen molar-refractivity contribution in [1.82, 2.24) is 10.2 Å². The van der Waals surface area contributed by atoms with Gasteiger partial charge in [0.2, 0.25) is 5.91 Å². The minimum atomic E-state index is -0.174. The standard InChI is InChI=1S/C23H30N2O3/c1-16(2)13-18-6-8-19(9-7-18)17(3)24-22(26)20-5-4-11-25(14-20)23(27)21-10-12-28-15-21/h6-10,12,15-17,20H,4-5,11,13-14H2,1-3H3,(H,24,26). The topological polar surface area (TPSA) is 62.6 Å². The Labute approximate surface area is 167 Å². The van der Waals surface area contributed by atoms with Gasteiger partial charge in [0.05, 0.1) is 23.8 Å². The summed E-state index contributed by atoms with van der Waals surface area (Å²) >= 11 is 0. The third kappa shape index (κ3) is 5.03. The van der Waals surface area contributed by atoms with Crippen molar-refractivity contribution < 1.29 is 14.0 Å². The van der Waals surface area contributed by atoms with Crippen molar-refractivity contribution in [3.63, 3.8) is 0 Å². The minimum absolute atomic E-state index is 0.0171. The Morgan fingerprint density at radius 2 is 1.93 bits per heavy atom. The molecule has 2 unspecified atom stereocenters. The number of carbonyl (C=O) groups is 2. The fourth-order valence-electron chi connectivity index (χ4n) is 3.77. The second-order valence-electron chi connectivity index (χ2n) is 8.17. The Balaban J connectivity index is 1.56. The van der Waals surface area contributed by atoms with Gasteiger partial charge in [0, 0.05) is 13.1 Å². The van der Waals surface area contributed by atoms with E-state index < -0.39 is 0 Å². The quantitative estimate of drug-likeness (QED) is 0.814. The van der Waals surface area contributed by atoms with E-state index in [1.165, 1.54) is 18.1 Å².